The molecule has 0 spiro atoms. The van der Waals surface area contributed by atoms with Crippen LogP contribution in [0, 0.1) is 24.1 Å². The van der Waals surface area contributed by atoms with Crippen LogP contribution in [0.25, 0.3) is 11.3 Å². The predicted octanol–water partition coefficient (Wildman–Crippen LogP) is 4.10. The molecule has 4 N–H and O–H groups in total. The van der Waals surface area contributed by atoms with Crippen LogP contribution in [0.5, 0.6) is 5.75 Å². The van der Waals surface area contributed by atoms with Crippen LogP contribution in [0.3, 0.4) is 0 Å². The Morgan fingerprint density at radius 1 is 1.16 bits per heavy atom. The number of nitrogen functional groups attached to an aromatic ring is 1. The number of aromatic nitrogens is 1. The molecular formula is C19H15FN4O. The van der Waals surface area contributed by atoms with E-state index in [1.165, 1.54) is 18.2 Å². The summed E-state index contributed by atoms with van der Waals surface area (Å²) in [5.74, 6) is -0.274. The normalized spacial score (nSPS) is 10.3. The maximum Gasteiger partial charge on any atom is 0.146 e. The highest BCUT2D eigenvalue weighted by Crippen LogP contribution is 2.33. The van der Waals surface area contributed by atoms with Crippen molar-refractivity contribution in [2.45, 2.75) is 6.92 Å². The third-order valence-corrected chi connectivity index (χ3v) is 3.72. The van der Waals surface area contributed by atoms with Crippen molar-refractivity contribution in [1.82, 2.24) is 4.98 Å². The van der Waals surface area contributed by atoms with E-state index in [2.05, 4.69) is 10.3 Å². The van der Waals surface area contributed by atoms with Crippen LogP contribution < -0.4 is 11.1 Å². The van der Waals surface area contributed by atoms with Crippen LogP contribution in [0.2, 0.25) is 0 Å². The number of nitrogens with zero attached hydrogens (tertiary/aromatic N) is 2. The standard InChI is InChI=1S/C19H15FN4O/c1-11-2-5-17(15(20)8-11)23-13-4-7-18(25)14(9-13)16-6-3-12(10-21)19(22)24-16/h2-9,23,25H,1H3,(H2,22,24). The third-order valence-electron chi connectivity index (χ3n) is 3.72. The molecule has 5 nitrogen and oxygen atoms in total. The Morgan fingerprint density at radius 3 is 2.64 bits per heavy atom. The van der Waals surface area contributed by atoms with E-state index in [1.807, 2.05) is 13.0 Å². The first-order valence-electron chi connectivity index (χ1n) is 7.51. The Balaban J connectivity index is 1.98. The van der Waals surface area contributed by atoms with Crippen molar-refractivity contribution in [2.75, 3.05) is 11.1 Å². The number of halogens is 1. The molecule has 3 aromatic rings. The average molecular weight is 334 g/mol. The summed E-state index contributed by atoms with van der Waals surface area (Å²) in [4.78, 5) is 4.15. The summed E-state index contributed by atoms with van der Waals surface area (Å²) in [5, 5.41) is 22.0. The number of nitrogens with two attached hydrogens (primary N) is 1. The van der Waals surface area contributed by atoms with Gasteiger partial charge in [0.15, 0.2) is 0 Å². The number of phenolic OH excluding ortho intramolecular Hbond substituents is 1. The summed E-state index contributed by atoms with van der Waals surface area (Å²) < 4.78 is 14.0. The minimum Gasteiger partial charge on any atom is -0.507 e. The largest absolute Gasteiger partial charge is 0.507 e. The van der Waals surface area contributed by atoms with Crippen molar-refractivity contribution >= 4 is 17.2 Å². The van der Waals surface area contributed by atoms with Gasteiger partial charge in [0.05, 0.1) is 16.9 Å². The first-order chi connectivity index (χ1) is 12.0. The second kappa shape index (κ2) is 6.49. The number of aryl methyl sites for hydroxylation is 1. The van der Waals surface area contributed by atoms with Gasteiger partial charge in [0.1, 0.15) is 23.5 Å². The molecule has 0 atom stereocenters. The van der Waals surface area contributed by atoms with Crippen LogP contribution in [-0.4, -0.2) is 10.1 Å². The Hall–Kier alpha value is -3.59. The molecule has 0 aliphatic carbocycles. The lowest BCUT2D eigenvalue weighted by Gasteiger charge is -2.11. The van der Waals surface area contributed by atoms with Gasteiger partial charge in [0.25, 0.3) is 0 Å². The molecule has 0 amide bonds. The number of nitrogens with one attached hydrogen (secondary N) is 1. The van der Waals surface area contributed by atoms with E-state index in [9.17, 15) is 9.50 Å². The van der Waals surface area contributed by atoms with Crippen LogP contribution in [-0.2, 0) is 0 Å². The molecular weight excluding hydrogens is 319 g/mol. The van der Waals surface area contributed by atoms with Gasteiger partial charge in [-0.1, -0.05) is 6.07 Å². The van der Waals surface area contributed by atoms with Gasteiger partial charge in [-0.05, 0) is 55.0 Å². The van der Waals surface area contributed by atoms with E-state index in [4.69, 9.17) is 11.0 Å². The molecule has 0 saturated carbocycles. The van der Waals surface area contributed by atoms with Crippen molar-refractivity contribution in [2.24, 2.45) is 0 Å². The average Bonchev–Trinajstić information content (AvgIpc) is 2.59. The molecule has 0 aliphatic rings. The van der Waals surface area contributed by atoms with E-state index in [0.717, 1.165) is 5.56 Å². The number of benzene rings is 2. The number of rotatable bonds is 3. The third kappa shape index (κ3) is 3.35. The zero-order valence-corrected chi connectivity index (χ0v) is 13.4. The molecule has 3 rings (SSSR count). The molecule has 0 bridgehead atoms. The SMILES string of the molecule is Cc1ccc(Nc2ccc(O)c(-c3ccc(C#N)c(N)n3)c2)c(F)c1. The fraction of sp³-hybridized carbons (Fsp3) is 0.0526. The van der Waals surface area contributed by atoms with Gasteiger partial charge < -0.3 is 16.2 Å². The van der Waals surface area contributed by atoms with Crippen molar-refractivity contribution in [3.63, 3.8) is 0 Å². The second-order valence-corrected chi connectivity index (χ2v) is 5.58. The summed E-state index contributed by atoms with van der Waals surface area (Å²) in [6.45, 7) is 1.81. The molecule has 2 aromatic carbocycles. The number of hydrogen-bond donors (Lipinski definition) is 3. The van der Waals surface area contributed by atoms with Gasteiger partial charge in [0.2, 0.25) is 0 Å². The summed E-state index contributed by atoms with van der Waals surface area (Å²) in [6, 6.07) is 14.7. The summed E-state index contributed by atoms with van der Waals surface area (Å²) in [7, 11) is 0. The second-order valence-electron chi connectivity index (χ2n) is 5.58. The lowest BCUT2D eigenvalue weighted by molar-refractivity contribution is 0.477. The molecule has 0 radical (unpaired) electrons. The zero-order chi connectivity index (χ0) is 18.0. The van der Waals surface area contributed by atoms with Crippen LogP contribution in [0.1, 0.15) is 11.1 Å². The molecule has 0 unspecified atom stereocenters. The monoisotopic (exact) mass is 334 g/mol. The topological polar surface area (TPSA) is 95.0 Å². The minimum absolute atomic E-state index is 0.00605. The van der Waals surface area contributed by atoms with Crippen LogP contribution in [0.4, 0.5) is 21.6 Å². The number of phenols is 1. The lowest BCUT2D eigenvalue weighted by Crippen LogP contribution is -1.98. The van der Waals surface area contributed by atoms with E-state index >= 15 is 0 Å². The van der Waals surface area contributed by atoms with Crippen molar-refractivity contribution in [3.05, 3.63) is 65.5 Å². The molecule has 0 aliphatic heterocycles. The maximum atomic E-state index is 14.0. The van der Waals surface area contributed by atoms with Gasteiger partial charge in [-0.2, -0.15) is 5.26 Å². The van der Waals surface area contributed by atoms with Crippen molar-refractivity contribution in [3.8, 4) is 23.1 Å². The minimum atomic E-state index is -0.365. The highest BCUT2D eigenvalue weighted by atomic mass is 19.1. The summed E-state index contributed by atoms with van der Waals surface area (Å²) in [6.07, 6.45) is 0. The predicted molar refractivity (Wildman–Crippen MR) is 94.9 cm³/mol. The van der Waals surface area contributed by atoms with E-state index in [0.29, 0.717) is 22.6 Å². The summed E-state index contributed by atoms with van der Waals surface area (Å²) >= 11 is 0. The fourth-order valence-corrected chi connectivity index (χ4v) is 2.42. The Bertz CT molecular complexity index is 995. The molecule has 6 heteroatoms. The van der Waals surface area contributed by atoms with Crippen LogP contribution >= 0.6 is 0 Å². The maximum absolute atomic E-state index is 14.0. The highest BCUT2D eigenvalue weighted by Gasteiger charge is 2.11. The van der Waals surface area contributed by atoms with Gasteiger partial charge >= 0.3 is 0 Å². The fourth-order valence-electron chi connectivity index (χ4n) is 2.42. The number of nitriles is 1. The van der Waals surface area contributed by atoms with E-state index in [1.54, 1.807) is 30.3 Å². The lowest BCUT2D eigenvalue weighted by atomic mass is 10.1. The number of anilines is 3. The highest BCUT2D eigenvalue weighted by molar-refractivity contribution is 5.75. The Morgan fingerprint density at radius 2 is 1.96 bits per heavy atom. The van der Waals surface area contributed by atoms with Gasteiger partial charge in [-0.3, -0.25) is 0 Å². The molecule has 1 aromatic heterocycles. The molecule has 124 valence electrons. The van der Waals surface area contributed by atoms with Gasteiger partial charge in [-0.25, -0.2) is 9.37 Å². The number of hydrogen-bond acceptors (Lipinski definition) is 5. The van der Waals surface area contributed by atoms with Gasteiger partial charge in [-0.15, -0.1) is 0 Å². The zero-order valence-electron chi connectivity index (χ0n) is 13.4. The Labute approximate surface area is 144 Å². The first kappa shape index (κ1) is 16.3. The number of pyridine rings is 1. The molecule has 0 saturated heterocycles. The Kier molecular flexibility index (Phi) is 4.23. The first-order valence-corrected chi connectivity index (χ1v) is 7.51. The van der Waals surface area contributed by atoms with Gasteiger partial charge in [0, 0.05) is 11.3 Å². The quantitative estimate of drug-likeness (QED) is 0.627. The van der Waals surface area contributed by atoms with E-state index < -0.39 is 0 Å². The van der Waals surface area contributed by atoms with E-state index in [-0.39, 0.29) is 22.9 Å². The smallest absolute Gasteiger partial charge is 0.146 e. The van der Waals surface area contributed by atoms with Crippen molar-refractivity contribution < 1.29 is 9.50 Å². The van der Waals surface area contributed by atoms with Crippen molar-refractivity contribution in [1.29, 1.82) is 5.26 Å². The molecule has 0 fully saturated rings. The summed E-state index contributed by atoms with van der Waals surface area (Å²) in [5.41, 5.74) is 8.58. The molecule has 1 heterocycles. The van der Waals surface area contributed by atoms with Crippen LogP contribution in [0.15, 0.2) is 48.5 Å². The number of aromatic hydroxyl groups is 1. The molecule has 25 heavy (non-hydrogen) atoms.